The first-order valence-corrected chi connectivity index (χ1v) is 9.09. The predicted molar refractivity (Wildman–Crippen MR) is 106 cm³/mol. The Morgan fingerprint density at radius 3 is 2.37 bits per heavy atom. The van der Waals surface area contributed by atoms with Crippen molar-refractivity contribution in [3.63, 3.8) is 0 Å². The van der Waals surface area contributed by atoms with Gasteiger partial charge in [-0.3, -0.25) is 4.79 Å². The van der Waals surface area contributed by atoms with E-state index in [1.807, 2.05) is 43.5 Å². The lowest BCUT2D eigenvalue weighted by molar-refractivity contribution is 0.104. The van der Waals surface area contributed by atoms with E-state index in [1.165, 1.54) is 0 Å². The summed E-state index contributed by atoms with van der Waals surface area (Å²) in [5.41, 5.74) is 3.02. The Hall–Kier alpha value is -3.54. The van der Waals surface area contributed by atoms with Gasteiger partial charge in [0.2, 0.25) is 0 Å². The number of fused-ring (bicyclic) bond motifs is 2. The van der Waals surface area contributed by atoms with Gasteiger partial charge in [-0.05, 0) is 29.8 Å². The molecule has 0 saturated heterocycles. The average Bonchev–Trinajstić information content (AvgIpc) is 3.17. The highest BCUT2D eigenvalue weighted by Crippen LogP contribution is 2.45. The third-order valence-corrected chi connectivity index (χ3v) is 5.78. The number of carbonyl (C=O) groups is 1. The van der Waals surface area contributed by atoms with Crippen LogP contribution in [0.4, 0.5) is 5.69 Å². The molecule has 1 heterocycles. The SMILES string of the molecule is CN1/C(=C/C=C2\C(=O)c3ccccc3C2=C(C#N)C#N)Sc2ccccc21. The molecule has 5 heteroatoms. The van der Waals surface area contributed by atoms with E-state index in [0.717, 1.165) is 15.6 Å². The van der Waals surface area contributed by atoms with E-state index < -0.39 is 0 Å². The minimum absolute atomic E-state index is 0.0475. The van der Waals surface area contributed by atoms with Gasteiger partial charge < -0.3 is 4.90 Å². The lowest BCUT2D eigenvalue weighted by atomic mass is 9.99. The topological polar surface area (TPSA) is 67.9 Å². The van der Waals surface area contributed by atoms with Crippen LogP contribution in [0, 0.1) is 22.7 Å². The van der Waals surface area contributed by atoms with Crippen molar-refractivity contribution in [2.24, 2.45) is 0 Å². The second-order valence-electron chi connectivity index (χ2n) is 6.06. The summed E-state index contributed by atoms with van der Waals surface area (Å²) in [6.45, 7) is 0. The molecule has 128 valence electrons. The van der Waals surface area contributed by atoms with Crippen LogP contribution in [0.5, 0.6) is 0 Å². The van der Waals surface area contributed by atoms with Gasteiger partial charge in [0.25, 0.3) is 0 Å². The molecule has 0 unspecified atom stereocenters. The fourth-order valence-electron chi connectivity index (χ4n) is 3.29. The van der Waals surface area contributed by atoms with E-state index in [2.05, 4.69) is 11.0 Å². The van der Waals surface area contributed by atoms with Gasteiger partial charge >= 0.3 is 0 Å². The zero-order valence-electron chi connectivity index (χ0n) is 14.4. The van der Waals surface area contributed by atoms with Crippen LogP contribution in [-0.4, -0.2) is 12.8 Å². The number of ketones is 1. The Kier molecular flexibility index (Phi) is 4.16. The van der Waals surface area contributed by atoms with E-state index in [-0.39, 0.29) is 11.4 Å². The molecule has 1 aliphatic carbocycles. The summed E-state index contributed by atoms with van der Waals surface area (Å²) in [5, 5.41) is 19.7. The summed E-state index contributed by atoms with van der Waals surface area (Å²) in [6.07, 6.45) is 3.59. The van der Waals surface area contributed by atoms with Crippen LogP contribution in [0.25, 0.3) is 5.57 Å². The molecular formula is C22H13N3OS. The molecule has 0 atom stereocenters. The molecule has 0 radical (unpaired) electrons. The number of rotatable bonds is 1. The zero-order valence-corrected chi connectivity index (χ0v) is 15.2. The molecule has 1 aliphatic heterocycles. The van der Waals surface area contributed by atoms with Crippen molar-refractivity contribution < 1.29 is 4.79 Å². The van der Waals surface area contributed by atoms with Crippen LogP contribution in [0.1, 0.15) is 15.9 Å². The van der Waals surface area contributed by atoms with Crippen molar-refractivity contribution in [3.05, 3.63) is 88.0 Å². The Labute approximate surface area is 161 Å². The number of nitriles is 2. The predicted octanol–water partition coefficient (Wildman–Crippen LogP) is 4.69. The highest BCUT2D eigenvalue weighted by atomic mass is 32.2. The molecule has 0 N–H and O–H groups in total. The van der Waals surface area contributed by atoms with Gasteiger partial charge in [-0.1, -0.05) is 48.2 Å². The second-order valence-corrected chi connectivity index (χ2v) is 7.12. The van der Waals surface area contributed by atoms with E-state index >= 15 is 0 Å². The van der Waals surface area contributed by atoms with Crippen LogP contribution in [-0.2, 0) is 0 Å². The van der Waals surface area contributed by atoms with Gasteiger partial charge in [-0.15, -0.1) is 0 Å². The maximum absolute atomic E-state index is 12.9. The van der Waals surface area contributed by atoms with Crippen LogP contribution in [0.3, 0.4) is 0 Å². The molecule has 2 aliphatic rings. The average molecular weight is 367 g/mol. The summed E-state index contributed by atoms with van der Waals surface area (Å²) >= 11 is 1.62. The smallest absolute Gasteiger partial charge is 0.194 e. The van der Waals surface area contributed by atoms with E-state index in [4.69, 9.17) is 0 Å². The van der Waals surface area contributed by atoms with E-state index in [1.54, 1.807) is 42.1 Å². The van der Waals surface area contributed by atoms with Crippen molar-refractivity contribution in [2.75, 3.05) is 11.9 Å². The number of thioether (sulfide) groups is 1. The fraction of sp³-hybridized carbons (Fsp3) is 0.0455. The lowest BCUT2D eigenvalue weighted by Gasteiger charge is -2.12. The Bertz CT molecular complexity index is 1140. The fourth-order valence-corrected chi connectivity index (χ4v) is 4.34. The molecule has 27 heavy (non-hydrogen) atoms. The van der Waals surface area contributed by atoms with Crippen LogP contribution < -0.4 is 4.90 Å². The molecule has 4 nitrogen and oxygen atoms in total. The summed E-state index contributed by atoms with van der Waals surface area (Å²) < 4.78 is 0. The molecule has 0 spiro atoms. The number of anilines is 1. The number of para-hydroxylation sites is 1. The first kappa shape index (κ1) is 16.9. The van der Waals surface area contributed by atoms with Crippen molar-refractivity contribution in [2.45, 2.75) is 4.90 Å². The van der Waals surface area contributed by atoms with Crippen LogP contribution in [0.15, 0.2) is 81.8 Å². The van der Waals surface area contributed by atoms with Crippen LogP contribution >= 0.6 is 11.8 Å². The van der Waals surface area contributed by atoms with Crippen molar-refractivity contribution in [3.8, 4) is 12.1 Å². The molecule has 2 aromatic rings. The molecule has 0 amide bonds. The van der Waals surface area contributed by atoms with Gasteiger partial charge in [0, 0.05) is 28.7 Å². The van der Waals surface area contributed by atoms with Gasteiger partial charge in [-0.2, -0.15) is 10.5 Å². The number of nitrogens with zero attached hydrogens (tertiary/aromatic N) is 3. The minimum atomic E-state index is -0.163. The number of hydrogen-bond donors (Lipinski definition) is 0. The van der Waals surface area contributed by atoms with Crippen LogP contribution in [0.2, 0.25) is 0 Å². The van der Waals surface area contributed by atoms with Gasteiger partial charge in [0.05, 0.1) is 10.7 Å². The Morgan fingerprint density at radius 1 is 1.00 bits per heavy atom. The largest absolute Gasteiger partial charge is 0.338 e. The number of Topliss-reactive ketones (excluding diaryl/α,β-unsaturated/α-hetero) is 1. The first-order chi connectivity index (χ1) is 13.2. The highest BCUT2D eigenvalue weighted by Gasteiger charge is 2.32. The summed E-state index contributed by atoms with van der Waals surface area (Å²) in [7, 11) is 1.97. The third kappa shape index (κ3) is 2.66. The monoisotopic (exact) mass is 367 g/mol. The number of carbonyl (C=O) groups excluding carboxylic acids is 1. The van der Waals surface area contributed by atoms with Crippen molar-refractivity contribution in [1.29, 1.82) is 10.5 Å². The number of hydrogen-bond acceptors (Lipinski definition) is 5. The summed E-state index contributed by atoms with van der Waals surface area (Å²) in [6, 6.07) is 19.0. The Morgan fingerprint density at radius 2 is 1.67 bits per heavy atom. The lowest BCUT2D eigenvalue weighted by Crippen LogP contribution is -2.09. The standard InChI is InChI=1S/C22H13N3OS/c1-25-18-8-4-5-9-19(18)27-20(25)11-10-17-21(14(12-23)13-24)15-6-2-3-7-16(15)22(17)26/h2-11H,1H3/b17-10-,20-11-. The molecular weight excluding hydrogens is 354 g/mol. The van der Waals surface area contributed by atoms with Crippen molar-refractivity contribution >= 4 is 28.8 Å². The summed E-state index contributed by atoms with van der Waals surface area (Å²) in [4.78, 5) is 16.1. The molecule has 0 saturated carbocycles. The first-order valence-electron chi connectivity index (χ1n) is 8.27. The quantitative estimate of drug-likeness (QED) is 0.540. The molecule has 2 aromatic carbocycles. The number of allylic oxidation sites excluding steroid dienone is 5. The third-order valence-electron chi connectivity index (χ3n) is 4.59. The van der Waals surface area contributed by atoms with Gasteiger partial charge in [0.1, 0.15) is 17.7 Å². The van der Waals surface area contributed by atoms with Gasteiger partial charge in [0.15, 0.2) is 5.78 Å². The van der Waals surface area contributed by atoms with E-state index in [9.17, 15) is 15.3 Å². The van der Waals surface area contributed by atoms with Gasteiger partial charge in [-0.25, -0.2) is 0 Å². The molecule has 0 bridgehead atoms. The minimum Gasteiger partial charge on any atom is -0.338 e. The molecule has 0 aromatic heterocycles. The molecule has 0 fully saturated rings. The Balaban J connectivity index is 1.82. The molecule has 4 rings (SSSR count). The zero-order chi connectivity index (χ0) is 19.0. The maximum Gasteiger partial charge on any atom is 0.194 e. The van der Waals surface area contributed by atoms with Crippen molar-refractivity contribution in [1.82, 2.24) is 0 Å². The maximum atomic E-state index is 12.9. The van der Waals surface area contributed by atoms with E-state index in [0.29, 0.717) is 22.3 Å². The summed E-state index contributed by atoms with van der Waals surface area (Å²) in [5.74, 6) is -0.163. The second kappa shape index (κ2) is 6.64. The highest BCUT2D eigenvalue weighted by molar-refractivity contribution is 8.03. The number of benzene rings is 2. The normalized spacial score (nSPS) is 17.7.